The van der Waals surface area contributed by atoms with Crippen LogP contribution in [0.25, 0.3) is 10.9 Å². The summed E-state index contributed by atoms with van der Waals surface area (Å²) in [5, 5.41) is 28.4. The maximum Gasteiger partial charge on any atom is 0.430 e. The van der Waals surface area contributed by atoms with Crippen molar-refractivity contribution >= 4 is 40.1 Å². The van der Waals surface area contributed by atoms with Crippen LogP contribution in [0, 0.1) is 5.92 Å². The molecule has 12 nitrogen and oxygen atoms in total. The van der Waals surface area contributed by atoms with Gasteiger partial charge in [-0.2, -0.15) is 26.3 Å². The number of halogens is 7. The molecule has 690 valence electrons. The van der Waals surface area contributed by atoms with Crippen molar-refractivity contribution in [3.63, 3.8) is 0 Å². The molecular weight excluding hydrogens is 1400 g/mol. The van der Waals surface area contributed by atoms with Crippen molar-refractivity contribution < 1.29 is 65.5 Å². The lowest BCUT2D eigenvalue weighted by Gasteiger charge is -2.35. The Balaban J connectivity index is -0.0000000238. The number of hydrogen-bond donors (Lipinski definition) is 2. The largest absolute Gasteiger partial charge is 0.542 e. The van der Waals surface area contributed by atoms with E-state index in [1.807, 2.05) is 16.8 Å². The van der Waals surface area contributed by atoms with Crippen molar-refractivity contribution in [1.82, 2.24) is 15.0 Å². The molecule has 4 atom stereocenters. The summed E-state index contributed by atoms with van der Waals surface area (Å²) < 4.78 is 76.5. The summed E-state index contributed by atoms with van der Waals surface area (Å²) in [6.07, 6.45) is 5.31. The van der Waals surface area contributed by atoms with Gasteiger partial charge < -0.3 is 39.9 Å². The summed E-state index contributed by atoms with van der Waals surface area (Å²) in [6, 6.07) is 21.6. The molecule has 0 radical (unpaired) electrons. The second-order valence-corrected chi connectivity index (χ2v) is 17.1. The highest BCUT2D eigenvalue weighted by atomic mass is 35.5. The molecule has 2 aliphatic carbocycles. The molecule has 1 aliphatic heterocycles. The molecule has 3 heterocycles. The molecule has 3 aliphatic rings. The number of carbonyl (C=O) groups excluding carboxylic acids is 2. The van der Waals surface area contributed by atoms with Crippen LogP contribution >= 0.6 is 11.6 Å². The zero-order valence-corrected chi connectivity index (χ0v) is 37.1. The zero-order valence-electron chi connectivity index (χ0n) is 36.4. The number of nitrogens with one attached hydrogen (secondary N) is 2. The maximum atomic E-state index is 10.5. The van der Waals surface area contributed by atoms with Crippen LogP contribution in [-0.4, -0.2) is 66.6 Å². The monoisotopic (exact) mass is 1620 g/mol. The van der Waals surface area contributed by atoms with Crippen LogP contribution in [0.5, 0.6) is 11.5 Å². The Morgan fingerprint density at radius 3 is 1.38 bits per heavy atom. The van der Waals surface area contributed by atoms with Gasteiger partial charge in [0.15, 0.2) is 17.2 Å². The van der Waals surface area contributed by atoms with E-state index in [0.29, 0.717) is 11.8 Å². The lowest BCUT2D eigenvalue weighted by atomic mass is 9.70. The number of alkyl halides is 6. The number of aliphatic carboxylic acids is 2. The fourth-order valence-corrected chi connectivity index (χ4v) is 9.49. The number of fused-ring (bicyclic) bond motifs is 6. The lowest BCUT2D eigenvalue weighted by molar-refractivity contribution is -0.928. The van der Waals surface area contributed by atoms with E-state index in [1.165, 1.54) is 34.4 Å². The number of aromatic amines is 1. The molecule has 0 spiro atoms. The van der Waals surface area contributed by atoms with Crippen LogP contribution in [-0.2, 0) is 35.4 Å². The smallest absolute Gasteiger partial charge is 0.430 e. The highest BCUT2D eigenvalue weighted by Crippen LogP contribution is 2.46. The molecule has 5 aromatic rings. The first-order valence-corrected chi connectivity index (χ1v) is 22.0. The zero-order chi connectivity index (χ0) is 47.8. The molecule has 2 aromatic heterocycles. The number of allylic oxidation sites excluding steroid dienone is 2. The van der Waals surface area contributed by atoms with Crippen LogP contribution in [0.1, 0.15) is 402 Å². The first-order chi connectivity index (χ1) is 31.4. The van der Waals surface area contributed by atoms with Gasteiger partial charge in [-0.15, -0.1) is 5.10 Å². The van der Waals surface area contributed by atoms with Crippen LogP contribution in [0.3, 0.4) is 0 Å². The Morgan fingerprint density at radius 2 is 0.972 bits per heavy atom. The van der Waals surface area contributed by atoms with E-state index < -0.39 is 24.3 Å². The molecule has 19 heteroatoms. The fourth-order valence-electron chi connectivity index (χ4n) is 9.32. The molecule has 2 bridgehead atoms. The van der Waals surface area contributed by atoms with Crippen molar-refractivity contribution in [3.05, 3.63) is 117 Å². The Morgan fingerprint density at radius 1 is 0.565 bits per heavy atom. The molecule has 108 heavy (non-hydrogen) atoms. The number of anilines is 1. The van der Waals surface area contributed by atoms with Crippen molar-refractivity contribution in [1.29, 1.82) is 0 Å². The number of hydrogen-bond acceptors (Lipinski definition) is 9. The molecule has 3 aromatic carbocycles. The minimum absolute atomic E-state index is 0. The van der Waals surface area contributed by atoms with Gasteiger partial charge in [0.1, 0.15) is 18.0 Å². The number of unbranched alkanes of at least 4 members (excludes halogenated alkanes) is 2. The van der Waals surface area contributed by atoms with Gasteiger partial charge in [0.25, 0.3) is 0 Å². The number of aromatic nitrogens is 4. The maximum absolute atomic E-state index is 10.5. The predicted octanol–water partition coefficient (Wildman–Crippen LogP) is 32.2. The number of H-pyrrole nitrogens is 1. The van der Waals surface area contributed by atoms with Gasteiger partial charge in [-0.05, 0) is 93.0 Å². The number of methoxy groups -OCH3 is 2. The summed E-state index contributed by atoms with van der Waals surface area (Å²) in [5.41, 5.74) is 18.1. The fraction of sp³-hybridized carbons (Fsp3) is 0.697. The first-order valence-electron chi connectivity index (χ1n) is 21.6. The Labute approximate surface area is 691 Å². The van der Waals surface area contributed by atoms with E-state index in [9.17, 15) is 26.3 Å². The third-order valence-corrected chi connectivity index (χ3v) is 12.4. The minimum Gasteiger partial charge on any atom is -0.542 e. The Hall–Kier alpha value is -5.88. The van der Waals surface area contributed by atoms with Gasteiger partial charge >= 0.3 is 12.4 Å². The molecule has 4 N–H and O–H groups in total. The van der Waals surface area contributed by atoms with Gasteiger partial charge in [0.05, 0.1) is 44.1 Å². The first kappa shape index (κ1) is 246. The molecule has 8 rings (SSSR count). The number of nitrogen functional groups attached to an aromatic ring is 1. The number of nitrogens with zero attached hydrogens (tertiary/aromatic N) is 3. The third-order valence-electron chi connectivity index (χ3n) is 12.2. The number of quaternary nitrogens is 1. The standard InChI is InChI=1S/C43H49ClN6O2.2C2HF3O2.42CH4/c1-51-39-24-31-16-19-49(43(30-11-4-3-5-12-30)36(31)26-40(39)52-2)17-8-7-13-34-27-50(48-47-34)18-9-6-10-28-20-29-22-32(21-28)41-38(23-29)46-37-25-33(44)14-15-35(37)42(41)45;2*3-2(4,5)1(6)7;;;;;;;;;;;;;;;;;;;;;;;;;;;;;;;;;;;;;;;;;;/h3-5,11-12,14-15,20,24-27,29,32,43H,6-10,13,16-19,21-23H2,1-2H3,(H2,45,46);2*(H,6,7);42*1H4. The molecule has 4 unspecified atom stereocenters. The number of aryl methyl sites for hydroxylation is 2. The average Bonchev–Trinajstić information content (AvgIpc) is 1.24. The number of pyridine rings is 1. The van der Waals surface area contributed by atoms with Gasteiger partial charge in [0.2, 0.25) is 5.52 Å². The topological polar surface area (TPSA) is 174 Å². The van der Waals surface area contributed by atoms with Crippen molar-refractivity contribution in [2.24, 2.45) is 5.92 Å². The summed E-state index contributed by atoms with van der Waals surface area (Å²) >= 11 is 6.28. The number of ether oxygens (including phenoxy) is 2. The average molecular weight is 1620 g/mol. The quantitative estimate of drug-likeness (QED) is 0.0660. The van der Waals surface area contributed by atoms with Crippen LogP contribution in [0.15, 0.2) is 78.5 Å². The normalized spacial score (nSPS) is 11.4. The van der Waals surface area contributed by atoms with Crippen LogP contribution < -0.4 is 35.3 Å². The number of carboxylic acids is 2. The highest BCUT2D eigenvalue weighted by Gasteiger charge is 2.37. The van der Waals surface area contributed by atoms with Gasteiger partial charge in [-0.1, -0.05) is 371 Å². The summed E-state index contributed by atoms with van der Waals surface area (Å²) in [7, 11) is 3.44. The number of carbonyl (C=O) groups is 2. The van der Waals surface area contributed by atoms with Gasteiger partial charge in [-0.3, -0.25) is 4.68 Å². The molecular formula is C89H219ClF6N6O6. The lowest BCUT2D eigenvalue weighted by Crippen LogP contribution is -3.13. The summed E-state index contributed by atoms with van der Waals surface area (Å²) in [4.78, 5) is 22.9. The second-order valence-electron chi connectivity index (χ2n) is 16.7. The van der Waals surface area contributed by atoms with Crippen LogP contribution in [0.4, 0.5) is 32.0 Å². The van der Waals surface area contributed by atoms with Crippen molar-refractivity contribution in [2.45, 2.75) is 407 Å². The molecule has 0 saturated heterocycles. The Kier molecular flexibility index (Phi) is 250. The summed E-state index contributed by atoms with van der Waals surface area (Å²) in [5.74, 6) is -3.33. The van der Waals surface area contributed by atoms with Gasteiger partial charge in [-0.25, -0.2) is 4.98 Å². The number of nitrogens with two attached hydrogens (primary N) is 1. The van der Waals surface area contributed by atoms with Gasteiger partial charge in [0, 0.05) is 53.4 Å². The predicted molar refractivity (Wildman–Crippen MR) is 511 cm³/mol. The van der Waals surface area contributed by atoms with Crippen molar-refractivity contribution in [2.75, 3.05) is 33.0 Å². The van der Waals surface area contributed by atoms with Crippen molar-refractivity contribution in [3.8, 4) is 11.5 Å². The summed E-state index contributed by atoms with van der Waals surface area (Å²) in [6.45, 7) is 3.13. The van der Waals surface area contributed by atoms with E-state index in [1.54, 1.807) is 24.7 Å². The third kappa shape index (κ3) is 64.9. The van der Waals surface area contributed by atoms with Crippen LogP contribution in [0.2, 0.25) is 5.02 Å². The van der Waals surface area contributed by atoms with E-state index in [0.717, 1.165) is 116 Å². The SMILES string of the molecule is C.C.C.C.C.C.C.C.C.C.C.C.C.C.C.C.C.C.C.C.C.C.C.C.C.C.C.C.C.C.C.C.C.C.C.C.C.C.C.C.C.C.COc1cc2c(cc1OC)C(c1ccccc1)[NH+](CCCCc1cn(CCCCC3=CC4Cc5[nH+]c6cc(Cl)ccc6c(N)c5C(C3)C4)nn1)CC2.O=C([O-])C(F)(F)F.O=C([O-])C(F)(F)F. The second kappa shape index (κ2) is 110. The van der Waals surface area contributed by atoms with E-state index in [2.05, 4.69) is 76.1 Å². The minimum atomic E-state index is -5.19. The van der Waals surface area contributed by atoms with E-state index in [4.69, 9.17) is 46.6 Å². The van der Waals surface area contributed by atoms with E-state index in [-0.39, 0.29) is 318 Å². The van der Waals surface area contributed by atoms with E-state index >= 15 is 0 Å². The number of rotatable bonds is 13. The highest BCUT2D eigenvalue weighted by molar-refractivity contribution is 6.31. The number of carboxylic acid groups (broad SMARTS) is 2. The number of benzene rings is 3. The molecule has 0 fully saturated rings. The Bertz CT molecular complexity index is 2510. The molecule has 0 saturated carbocycles. The molecule has 0 amide bonds.